The number of nitrogens with one attached hydrogen (secondary N) is 1. The van der Waals surface area contributed by atoms with Crippen LogP contribution in [-0.2, 0) is 0 Å². The molecular formula is C16H23N5. The molecular weight excluding hydrogens is 262 g/mol. The molecule has 0 amide bonds. The third kappa shape index (κ3) is 3.29. The monoisotopic (exact) mass is 285 g/mol. The van der Waals surface area contributed by atoms with E-state index in [1.165, 1.54) is 25.7 Å². The predicted octanol–water partition coefficient (Wildman–Crippen LogP) is 2.56. The van der Waals surface area contributed by atoms with E-state index in [4.69, 9.17) is 0 Å². The zero-order valence-corrected chi connectivity index (χ0v) is 12.8. The van der Waals surface area contributed by atoms with E-state index in [1.54, 1.807) is 12.4 Å². The highest BCUT2D eigenvalue weighted by Crippen LogP contribution is 2.38. The van der Waals surface area contributed by atoms with Crippen LogP contribution in [0.2, 0.25) is 0 Å². The van der Waals surface area contributed by atoms with Crippen LogP contribution in [0.15, 0.2) is 24.5 Å². The lowest BCUT2D eigenvalue weighted by molar-refractivity contribution is 0.215. The SMILES string of the molecule is CN(C)CC1(CNc2ccc3nccnc3n2)CCCC1. The Bertz CT molecular complexity index is 604. The van der Waals surface area contributed by atoms with Crippen molar-refractivity contribution < 1.29 is 0 Å². The second-order valence-electron chi connectivity index (χ2n) is 6.39. The lowest BCUT2D eigenvalue weighted by Gasteiger charge is -2.32. The summed E-state index contributed by atoms with van der Waals surface area (Å²) in [5, 5.41) is 3.52. The summed E-state index contributed by atoms with van der Waals surface area (Å²) in [5.41, 5.74) is 1.92. The van der Waals surface area contributed by atoms with Crippen LogP contribution >= 0.6 is 0 Å². The van der Waals surface area contributed by atoms with Gasteiger partial charge in [-0.3, -0.25) is 4.98 Å². The standard InChI is InChI=1S/C16H23N5/c1-21(2)12-16(7-3-4-8-16)11-19-14-6-5-13-15(20-14)18-10-9-17-13/h5-6,9-10H,3-4,7-8,11-12H2,1-2H3,(H,18,19,20). The van der Waals surface area contributed by atoms with Gasteiger partial charge in [0.2, 0.25) is 0 Å². The molecule has 1 saturated carbocycles. The average Bonchev–Trinajstić information content (AvgIpc) is 2.93. The number of hydrogen-bond donors (Lipinski definition) is 1. The van der Waals surface area contributed by atoms with Crippen LogP contribution in [0.4, 0.5) is 5.82 Å². The number of nitrogens with zero attached hydrogens (tertiary/aromatic N) is 4. The van der Waals surface area contributed by atoms with Gasteiger partial charge < -0.3 is 10.2 Å². The third-order valence-corrected chi connectivity index (χ3v) is 4.29. The Kier molecular flexibility index (Phi) is 4.01. The van der Waals surface area contributed by atoms with Crippen molar-refractivity contribution in [2.24, 2.45) is 5.41 Å². The summed E-state index contributed by atoms with van der Waals surface area (Å²) < 4.78 is 0. The van der Waals surface area contributed by atoms with Crippen LogP contribution < -0.4 is 5.32 Å². The van der Waals surface area contributed by atoms with Crippen molar-refractivity contribution in [3.8, 4) is 0 Å². The molecule has 2 heterocycles. The normalized spacial score (nSPS) is 17.5. The molecule has 1 aliphatic rings. The molecule has 1 fully saturated rings. The van der Waals surface area contributed by atoms with E-state index < -0.39 is 0 Å². The molecule has 0 radical (unpaired) electrons. The highest BCUT2D eigenvalue weighted by molar-refractivity contribution is 5.71. The molecule has 0 spiro atoms. The molecule has 1 aliphatic carbocycles. The van der Waals surface area contributed by atoms with Gasteiger partial charge >= 0.3 is 0 Å². The van der Waals surface area contributed by atoms with Crippen molar-refractivity contribution in [2.75, 3.05) is 32.5 Å². The average molecular weight is 285 g/mol. The largest absolute Gasteiger partial charge is 0.369 e. The molecule has 0 aliphatic heterocycles. The summed E-state index contributed by atoms with van der Waals surface area (Å²) in [6.07, 6.45) is 8.65. The number of hydrogen-bond acceptors (Lipinski definition) is 5. The van der Waals surface area contributed by atoms with Crippen LogP contribution in [-0.4, -0.2) is 47.0 Å². The van der Waals surface area contributed by atoms with Gasteiger partial charge in [-0.2, -0.15) is 0 Å². The first-order valence-electron chi connectivity index (χ1n) is 7.63. The minimum absolute atomic E-state index is 0.377. The maximum Gasteiger partial charge on any atom is 0.180 e. The first-order chi connectivity index (χ1) is 10.2. The van der Waals surface area contributed by atoms with Crippen molar-refractivity contribution in [1.82, 2.24) is 19.9 Å². The Morgan fingerprint density at radius 1 is 1.14 bits per heavy atom. The molecule has 2 aromatic heterocycles. The quantitative estimate of drug-likeness (QED) is 0.915. The first kappa shape index (κ1) is 14.2. The molecule has 0 atom stereocenters. The Morgan fingerprint density at radius 3 is 2.67 bits per heavy atom. The van der Waals surface area contributed by atoms with E-state index in [0.717, 1.165) is 24.4 Å². The van der Waals surface area contributed by atoms with E-state index in [9.17, 15) is 0 Å². The number of fused-ring (bicyclic) bond motifs is 1. The summed E-state index contributed by atoms with van der Waals surface area (Å²) in [4.78, 5) is 15.4. The fraction of sp³-hybridized carbons (Fsp3) is 0.562. The number of anilines is 1. The predicted molar refractivity (Wildman–Crippen MR) is 85.3 cm³/mol. The first-order valence-corrected chi connectivity index (χ1v) is 7.63. The molecule has 0 bridgehead atoms. The minimum atomic E-state index is 0.377. The lowest BCUT2D eigenvalue weighted by Crippen LogP contribution is -2.37. The molecule has 112 valence electrons. The van der Waals surface area contributed by atoms with Gasteiger partial charge in [0.25, 0.3) is 0 Å². The molecule has 2 aromatic rings. The fourth-order valence-electron chi connectivity index (χ4n) is 3.42. The summed E-state index contributed by atoms with van der Waals surface area (Å²) in [7, 11) is 4.31. The Morgan fingerprint density at radius 2 is 1.90 bits per heavy atom. The van der Waals surface area contributed by atoms with Gasteiger partial charge in [0.15, 0.2) is 5.65 Å². The highest BCUT2D eigenvalue weighted by Gasteiger charge is 2.34. The van der Waals surface area contributed by atoms with Crippen molar-refractivity contribution in [3.05, 3.63) is 24.5 Å². The molecule has 3 rings (SSSR count). The van der Waals surface area contributed by atoms with Gasteiger partial charge in [0, 0.05) is 30.9 Å². The van der Waals surface area contributed by atoms with Crippen LogP contribution in [0.25, 0.3) is 11.2 Å². The van der Waals surface area contributed by atoms with Crippen molar-refractivity contribution in [2.45, 2.75) is 25.7 Å². The fourth-order valence-corrected chi connectivity index (χ4v) is 3.42. The van der Waals surface area contributed by atoms with Gasteiger partial charge in [-0.1, -0.05) is 12.8 Å². The second-order valence-corrected chi connectivity index (χ2v) is 6.39. The second kappa shape index (κ2) is 5.93. The van der Waals surface area contributed by atoms with E-state index in [-0.39, 0.29) is 0 Å². The zero-order chi connectivity index (χ0) is 14.7. The highest BCUT2D eigenvalue weighted by atomic mass is 15.1. The molecule has 5 heteroatoms. The van der Waals surface area contributed by atoms with E-state index >= 15 is 0 Å². The van der Waals surface area contributed by atoms with Gasteiger partial charge in [-0.05, 0) is 39.1 Å². The van der Waals surface area contributed by atoms with Crippen LogP contribution in [0.5, 0.6) is 0 Å². The van der Waals surface area contributed by atoms with Crippen LogP contribution in [0, 0.1) is 5.41 Å². The molecule has 1 N–H and O–H groups in total. The van der Waals surface area contributed by atoms with Crippen molar-refractivity contribution >= 4 is 17.0 Å². The summed E-state index contributed by atoms with van der Waals surface area (Å²) in [6.45, 7) is 2.11. The van der Waals surface area contributed by atoms with Crippen molar-refractivity contribution in [1.29, 1.82) is 0 Å². The molecule has 0 aromatic carbocycles. The number of rotatable bonds is 5. The zero-order valence-electron chi connectivity index (χ0n) is 12.8. The Balaban J connectivity index is 1.72. The maximum atomic E-state index is 4.55. The number of aromatic nitrogens is 3. The van der Waals surface area contributed by atoms with Crippen LogP contribution in [0.3, 0.4) is 0 Å². The van der Waals surface area contributed by atoms with E-state index in [0.29, 0.717) is 11.1 Å². The summed E-state index contributed by atoms with van der Waals surface area (Å²) in [6, 6.07) is 3.97. The van der Waals surface area contributed by atoms with Crippen molar-refractivity contribution in [3.63, 3.8) is 0 Å². The Hall–Kier alpha value is -1.75. The molecule has 0 unspecified atom stereocenters. The van der Waals surface area contributed by atoms with Gasteiger partial charge in [-0.15, -0.1) is 0 Å². The lowest BCUT2D eigenvalue weighted by atomic mass is 9.85. The summed E-state index contributed by atoms with van der Waals surface area (Å²) >= 11 is 0. The molecule has 21 heavy (non-hydrogen) atoms. The smallest absolute Gasteiger partial charge is 0.180 e. The van der Waals surface area contributed by atoms with Crippen LogP contribution in [0.1, 0.15) is 25.7 Å². The van der Waals surface area contributed by atoms with Gasteiger partial charge in [0.05, 0.1) is 0 Å². The number of pyridine rings is 1. The minimum Gasteiger partial charge on any atom is -0.369 e. The van der Waals surface area contributed by atoms with E-state index in [2.05, 4.69) is 39.3 Å². The maximum absolute atomic E-state index is 4.55. The van der Waals surface area contributed by atoms with E-state index in [1.807, 2.05) is 12.1 Å². The Labute approximate surface area is 125 Å². The third-order valence-electron chi connectivity index (χ3n) is 4.29. The van der Waals surface area contributed by atoms with Gasteiger partial charge in [-0.25, -0.2) is 9.97 Å². The summed E-state index contributed by atoms with van der Waals surface area (Å²) in [5.74, 6) is 0.896. The molecule has 0 saturated heterocycles. The van der Waals surface area contributed by atoms with Gasteiger partial charge in [0.1, 0.15) is 11.3 Å². The molecule has 5 nitrogen and oxygen atoms in total. The topological polar surface area (TPSA) is 53.9 Å².